The molecule has 212 valence electrons. The SMILES string of the molecule is CC(C)(C)c1[c-]c2c(cc1)-c1ccc(C(C)(C)C)cc1C2.[C-]1=CC=CC1.[Ti+2]=[C](Cc1ccccc1)Cc1ccccc1. The summed E-state index contributed by atoms with van der Waals surface area (Å²) in [5.41, 5.74) is 11.5. The molecular weight excluding hydrogens is 540 g/mol. The Hall–Kier alpha value is -3.06. The van der Waals surface area contributed by atoms with E-state index in [9.17, 15) is 0 Å². The number of benzene rings is 4. The fourth-order valence-corrected chi connectivity index (χ4v) is 5.75. The van der Waals surface area contributed by atoms with Crippen molar-refractivity contribution in [3.8, 4) is 11.1 Å². The minimum absolute atomic E-state index is 0.167. The second kappa shape index (κ2) is 14.4. The zero-order valence-corrected chi connectivity index (χ0v) is 27.8. The normalized spacial score (nSPS) is 13.0. The Balaban J connectivity index is 0.000000170. The van der Waals surface area contributed by atoms with Gasteiger partial charge in [-0.1, -0.05) is 65.3 Å². The van der Waals surface area contributed by atoms with Crippen molar-refractivity contribution in [3.63, 3.8) is 0 Å². The molecule has 0 heterocycles. The molecule has 2 aliphatic carbocycles. The third-order valence-electron chi connectivity index (χ3n) is 7.57. The zero-order valence-electron chi connectivity index (χ0n) is 26.2. The topological polar surface area (TPSA) is 0 Å². The predicted molar refractivity (Wildman–Crippen MR) is 178 cm³/mol. The van der Waals surface area contributed by atoms with Gasteiger partial charge >= 0.3 is 108 Å². The van der Waals surface area contributed by atoms with Gasteiger partial charge in [0.15, 0.2) is 0 Å². The fraction of sp³-hybridized carbons (Fsp3) is 0.293. The molecule has 0 aliphatic heterocycles. The average molecular weight is 585 g/mol. The average Bonchev–Trinajstić information content (AvgIpc) is 3.65. The van der Waals surface area contributed by atoms with Crippen LogP contribution in [0.25, 0.3) is 11.1 Å². The second-order valence-electron chi connectivity index (χ2n) is 13.2. The first kappa shape index (κ1) is 31.9. The number of fused-ring (bicyclic) bond motifs is 3. The number of hydrogen-bond acceptors (Lipinski definition) is 0. The summed E-state index contributed by atoms with van der Waals surface area (Å²) in [5.74, 6) is 0. The van der Waals surface area contributed by atoms with Gasteiger partial charge in [-0.2, -0.15) is 29.8 Å². The van der Waals surface area contributed by atoms with Crippen LogP contribution in [0.4, 0.5) is 0 Å². The van der Waals surface area contributed by atoms with E-state index in [4.69, 9.17) is 0 Å². The predicted octanol–water partition coefficient (Wildman–Crippen LogP) is 10.1. The fourth-order valence-electron chi connectivity index (χ4n) is 5.11. The van der Waals surface area contributed by atoms with Crippen LogP contribution in [-0.2, 0) is 50.1 Å². The number of allylic oxidation sites excluding steroid dienone is 4. The molecule has 0 bridgehead atoms. The van der Waals surface area contributed by atoms with Crippen molar-refractivity contribution in [2.75, 3.05) is 0 Å². The van der Waals surface area contributed by atoms with Crippen molar-refractivity contribution in [2.24, 2.45) is 0 Å². The summed E-state index contributed by atoms with van der Waals surface area (Å²) in [7, 11) is 0. The van der Waals surface area contributed by atoms with Gasteiger partial charge in [0.05, 0.1) is 0 Å². The van der Waals surface area contributed by atoms with Gasteiger partial charge in [-0.3, -0.25) is 6.08 Å². The van der Waals surface area contributed by atoms with E-state index in [-0.39, 0.29) is 10.8 Å². The van der Waals surface area contributed by atoms with Crippen LogP contribution in [0.5, 0.6) is 0 Å². The Morgan fingerprint density at radius 3 is 1.79 bits per heavy atom. The van der Waals surface area contributed by atoms with Gasteiger partial charge in [0.2, 0.25) is 0 Å². The van der Waals surface area contributed by atoms with Crippen molar-refractivity contribution < 1.29 is 20.0 Å². The van der Waals surface area contributed by atoms with Crippen LogP contribution < -0.4 is 0 Å². The van der Waals surface area contributed by atoms with Crippen LogP contribution >= 0.6 is 0 Å². The molecule has 4 aromatic rings. The first-order valence-electron chi connectivity index (χ1n) is 15.1. The van der Waals surface area contributed by atoms with Crippen LogP contribution in [0.15, 0.2) is 109 Å². The van der Waals surface area contributed by atoms with E-state index in [0.29, 0.717) is 0 Å². The molecule has 42 heavy (non-hydrogen) atoms. The summed E-state index contributed by atoms with van der Waals surface area (Å²) in [5, 5.41) is 0. The molecule has 4 aromatic carbocycles. The van der Waals surface area contributed by atoms with Crippen LogP contribution in [0.3, 0.4) is 0 Å². The van der Waals surface area contributed by atoms with Crippen LogP contribution in [-0.4, -0.2) is 3.81 Å². The molecule has 0 atom stereocenters. The summed E-state index contributed by atoms with van der Waals surface area (Å²) < 4.78 is 1.51. The number of hydrogen-bond donors (Lipinski definition) is 0. The molecule has 0 unspecified atom stereocenters. The third-order valence-corrected chi connectivity index (χ3v) is 8.12. The van der Waals surface area contributed by atoms with E-state index < -0.39 is 0 Å². The monoisotopic (exact) mass is 584 g/mol. The third kappa shape index (κ3) is 9.22. The van der Waals surface area contributed by atoms with Gasteiger partial charge in [0.1, 0.15) is 0 Å². The summed E-state index contributed by atoms with van der Waals surface area (Å²) in [6, 6.07) is 36.5. The van der Waals surface area contributed by atoms with E-state index in [1.54, 1.807) is 0 Å². The molecular formula is C41H44Ti. The Bertz CT molecular complexity index is 1410. The van der Waals surface area contributed by atoms with Gasteiger partial charge < -0.3 is 0 Å². The van der Waals surface area contributed by atoms with Crippen LogP contribution in [0.1, 0.15) is 81.3 Å². The molecule has 0 N–H and O–H groups in total. The molecule has 1 heteroatoms. The molecule has 0 saturated heterocycles. The number of rotatable bonds is 4. The molecule has 0 fully saturated rings. The van der Waals surface area contributed by atoms with E-state index >= 15 is 0 Å². The van der Waals surface area contributed by atoms with E-state index in [0.717, 1.165) is 25.7 Å². The first-order chi connectivity index (χ1) is 20.0. The van der Waals surface area contributed by atoms with E-state index in [2.05, 4.69) is 171 Å². The van der Waals surface area contributed by atoms with E-state index in [1.165, 1.54) is 48.3 Å². The molecule has 0 spiro atoms. The summed E-state index contributed by atoms with van der Waals surface area (Å²) in [4.78, 5) is 0. The van der Waals surface area contributed by atoms with Crippen molar-refractivity contribution >= 4 is 3.81 Å². The molecule has 0 nitrogen and oxygen atoms in total. The van der Waals surface area contributed by atoms with Crippen LogP contribution in [0, 0.1) is 12.1 Å². The zero-order chi connectivity index (χ0) is 30.2. The molecule has 0 aromatic heterocycles. The maximum atomic E-state index is 3.67. The van der Waals surface area contributed by atoms with Gasteiger partial charge in [-0.15, -0.1) is 17.5 Å². The Kier molecular flexibility index (Phi) is 10.9. The maximum absolute atomic E-state index is 3.67. The van der Waals surface area contributed by atoms with Gasteiger partial charge in [-0.25, -0.2) is 12.2 Å². The quantitative estimate of drug-likeness (QED) is 0.146. The molecule has 0 saturated carbocycles. The summed E-state index contributed by atoms with van der Waals surface area (Å²) in [6.45, 7) is 13.6. The van der Waals surface area contributed by atoms with Gasteiger partial charge in [0.25, 0.3) is 0 Å². The minimum atomic E-state index is 0.167. The molecule has 0 amide bonds. The van der Waals surface area contributed by atoms with Gasteiger partial charge in [-0.05, 0) is 28.4 Å². The Morgan fingerprint density at radius 2 is 1.31 bits per heavy atom. The van der Waals surface area contributed by atoms with Crippen molar-refractivity contribution in [3.05, 3.63) is 155 Å². The van der Waals surface area contributed by atoms with Crippen molar-refractivity contribution in [1.29, 1.82) is 0 Å². The molecule has 0 radical (unpaired) electrons. The Morgan fingerprint density at radius 1 is 0.714 bits per heavy atom. The second-order valence-corrected chi connectivity index (χ2v) is 14.3. The van der Waals surface area contributed by atoms with Crippen molar-refractivity contribution in [2.45, 2.75) is 78.1 Å². The van der Waals surface area contributed by atoms with Crippen molar-refractivity contribution in [1.82, 2.24) is 0 Å². The summed E-state index contributed by atoms with van der Waals surface area (Å²) >= 11 is 2.24. The molecule has 6 rings (SSSR count). The van der Waals surface area contributed by atoms with Crippen LogP contribution in [0.2, 0.25) is 0 Å². The van der Waals surface area contributed by atoms with E-state index in [1.807, 2.05) is 12.2 Å². The standard InChI is InChI=1S/C21H25.C15H14.C5H5.Ti/c1-20(2,3)16-7-9-18-14(12-16)11-15-13-17(21(4,5)6)8-10-19(15)18;1-3-8-14(9-4-1)12-7-13-15-10-5-2-6-11-15;1-2-4-5-3-1;/h7-10,12H,11H2,1-6H3;1-6,8-11H,12-13H2;1-3H,4H2;/q-1;;-1;+2. The summed E-state index contributed by atoms with van der Waals surface area (Å²) in [6.07, 6.45) is 13.2. The molecule has 2 aliphatic rings. The first-order valence-corrected chi connectivity index (χ1v) is 15.8. The Labute approximate surface area is 266 Å². The van der Waals surface area contributed by atoms with Gasteiger partial charge in [0, 0.05) is 0 Å².